The van der Waals surface area contributed by atoms with Gasteiger partial charge in [-0.05, 0) is 31.4 Å². The Morgan fingerprint density at radius 1 is 1.47 bits per heavy atom. The second-order valence-corrected chi connectivity index (χ2v) is 4.63. The lowest BCUT2D eigenvalue weighted by molar-refractivity contribution is -0.187. The topological polar surface area (TPSA) is 25.4 Å². The maximum atomic E-state index is 5.88. The van der Waals surface area contributed by atoms with Gasteiger partial charge < -0.3 is 0 Å². The van der Waals surface area contributed by atoms with Crippen LogP contribution in [0.25, 0.3) is 0 Å². The van der Waals surface area contributed by atoms with Crippen molar-refractivity contribution in [3.63, 3.8) is 0 Å². The molecule has 1 spiro atoms. The zero-order valence-corrected chi connectivity index (χ0v) is 9.02. The molecule has 15 heavy (non-hydrogen) atoms. The van der Waals surface area contributed by atoms with Gasteiger partial charge in [-0.1, -0.05) is 6.07 Å². The second-order valence-electron chi connectivity index (χ2n) is 4.63. The first-order valence-electron chi connectivity index (χ1n) is 5.62. The smallest absolute Gasteiger partial charge is 0.123 e. The Morgan fingerprint density at radius 2 is 2.33 bits per heavy atom. The first kappa shape index (κ1) is 9.31. The maximum Gasteiger partial charge on any atom is 0.123 e. The fourth-order valence-corrected chi connectivity index (χ4v) is 2.64. The van der Waals surface area contributed by atoms with Gasteiger partial charge in [0.2, 0.25) is 0 Å². The molecule has 1 aliphatic carbocycles. The van der Waals surface area contributed by atoms with Gasteiger partial charge in [-0.15, -0.1) is 0 Å². The van der Waals surface area contributed by atoms with Crippen molar-refractivity contribution in [1.82, 2.24) is 10.0 Å². The Kier molecular flexibility index (Phi) is 2.04. The first-order valence-corrected chi connectivity index (χ1v) is 5.62. The van der Waals surface area contributed by atoms with E-state index in [4.69, 9.17) is 4.84 Å². The number of rotatable bonds is 1. The lowest BCUT2D eigenvalue weighted by atomic mass is 9.73. The van der Waals surface area contributed by atoms with Gasteiger partial charge in [-0.3, -0.25) is 9.82 Å². The zero-order chi connectivity index (χ0) is 10.3. The molecule has 3 rings (SSSR count). The van der Waals surface area contributed by atoms with Gasteiger partial charge in [-0.2, -0.15) is 5.06 Å². The summed E-state index contributed by atoms with van der Waals surface area (Å²) in [5.41, 5.74) is 1.38. The first-order chi connectivity index (χ1) is 7.30. The number of nitrogens with zero attached hydrogens (tertiary/aromatic N) is 2. The van der Waals surface area contributed by atoms with Crippen molar-refractivity contribution in [1.29, 1.82) is 0 Å². The minimum Gasteiger partial charge on any atom is -0.289 e. The van der Waals surface area contributed by atoms with Crippen LogP contribution >= 0.6 is 0 Å². The Morgan fingerprint density at radius 3 is 2.87 bits per heavy atom. The fraction of sp³-hybridized carbons (Fsp3) is 0.583. The summed E-state index contributed by atoms with van der Waals surface area (Å²) in [6.07, 6.45) is 6.98. The van der Waals surface area contributed by atoms with E-state index in [-0.39, 0.29) is 6.10 Å². The van der Waals surface area contributed by atoms with Crippen LogP contribution in [0.4, 0.5) is 0 Å². The fourth-order valence-electron chi connectivity index (χ4n) is 2.64. The SMILES string of the molecule is CN1O[C@@H](c2ccccn2)CC12CCC2. The van der Waals surface area contributed by atoms with Crippen molar-refractivity contribution < 1.29 is 4.84 Å². The molecule has 2 aliphatic rings. The highest BCUT2D eigenvalue weighted by Gasteiger charge is 2.49. The molecule has 0 aromatic carbocycles. The number of aromatic nitrogens is 1. The molecule has 0 bridgehead atoms. The minimum atomic E-state index is 0.163. The number of hydroxylamine groups is 2. The van der Waals surface area contributed by atoms with Crippen LogP contribution in [-0.2, 0) is 4.84 Å². The van der Waals surface area contributed by atoms with E-state index >= 15 is 0 Å². The monoisotopic (exact) mass is 204 g/mol. The van der Waals surface area contributed by atoms with Crippen LogP contribution in [0.2, 0.25) is 0 Å². The third kappa shape index (κ3) is 1.38. The van der Waals surface area contributed by atoms with Crippen molar-refractivity contribution in [3.8, 4) is 0 Å². The molecular formula is C12H16N2O. The van der Waals surface area contributed by atoms with Gasteiger partial charge in [0.15, 0.2) is 0 Å². The molecule has 0 unspecified atom stereocenters. The second kappa shape index (κ2) is 3.29. The number of hydrogen-bond donors (Lipinski definition) is 0. The molecule has 2 heterocycles. The van der Waals surface area contributed by atoms with Crippen molar-refractivity contribution in [2.75, 3.05) is 7.05 Å². The molecular weight excluding hydrogens is 188 g/mol. The predicted octanol–water partition coefficient (Wildman–Crippen LogP) is 2.31. The van der Waals surface area contributed by atoms with E-state index in [1.807, 2.05) is 18.3 Å². The molecule has 0 N–H and O–H groups in total. The number of pyridine rings is 1. The summed E-state index contributed by atoms with van der Waals surface area (Å²) in [6.45, 7) is 0. The molecule has 2 fully saturated rings. The maximum absolute atomic E-state index is 5.88. The molecule has 1 aromatic rings. The van der Waals surface area contributed by atoms with Crippen LogP contribution in [0.15, 0.2) is 24.4 Å². The highest BCUT2D eigenvalue weighted by molar-refractivity contribution is 5.12. The lowest BCUT2D eigenvalue weighted by Gasteiger charge is -2.41. The van der Waals surface area contributed by atoms with Crippen molar-refractivity contribution in [2.45, 2.75) is 37.3 Å². The van der Waals surface area contributed by atoms with E-state index < -0.39 is 0 Å². The Labute approximate surface area is 90.0 Å². The molecule has 80 valence electrons. The summed E-state index contributed by atoms with van der Waals surface area (Å²) in [7, 11) is 2.06. The van der Waals surface area contributed by atoms with Crippen LogP contribution in [-0.4, -0.2) is 22.6 Å². The van der Waals surface area contributed by atoms with Crippen LogP contribution in [0, 0.1) is 0 Å². The Hall–Kier alpha value is -0.930. The van der Waals surface area contributed by atoms with Crippen LogP contribution in [0.5, 0.6) is 0 Å². The summed E-state index contributed by atoms with van der Waals surface area (Å²) in [4.78, 5) is 10.2. The molecule has 1 saturated heterocycles. The van der Waals surface area contributed by atoms with Gasteiger partial charge in [0.1, 0.15) is 6.10 Å². The standard InChI is InChI=1S/C12H16N2O/c1-14-12(6-4-7-12)9-11(15-14)10-5-2-3-8-13-10/h2-3,5,8,11H,4,6-7,9H2,1H3/t11-/m1/s1. The Bertz CT molecular complexity index is 348. The van der Waals surface area contributed by atoms with Crippen molar-refractivity contribution >= 4 is 0 Å². The molecule has 3 heteroatoms. The lowest BCUT2D eigenvalue weighted by Crippen LogP contribution is -2.46. The summed E-state index contributed by atoms with van der Waals surface area (Å²) in [6, 6.07) is 6.02. The largest absolute Gasteiger partial charge is 0.289 e. The normalized spacial score (nSPS) is 29.3. The van der Waals surface area contributed by atoms with E-state index in [0.717, 1.165) is 12.1 Å². The van der Waals surface area contributed by atoms with Crippen LogP contribution in [0.1, 0.15) is 37.5 Å². The van der Waals surface area contributed by atoms with Crippen LogP contribution in [0.3, 0.4) is 0 Å². The minimum absolute atomic E-state index is 0.163. The van der Waals surface area contributed by atoms with Crippen molar-refractivity contribution in [2.24, 2.45) is 0 Å². The van der Waals surface area contributed by atoms with Gasteiger partial charge in [0, 0.05) is 25.2 Å². The average Bonchev–Trinajstić information content (AvgIpc) is 2.57. The van der Waals surface area contributed by atoms with E-state index in [1.165, 1.54) is 19.3 Å². The molecule has 3 nitrogen and oxygen atoms in total. The summed E-state index contributed by atoms with van der Waals surface area (Å²) >= 11 is 0. The molecule has 0 radical (unpaired) electrons. The van der Waals surface area contributed by atoms with Gasteiger partial charge >= 0.3 is 0 Å². The third-order valence-corrected chi connectivity index (χ3v) is 3.82. The summed E-state index contributed by atoms with van der Waals surface area (Å²) in [5.74, 6) is 0. The van der Waals surface area contributed by atoms with E-state index in [1.54, 1.807) is 0 Å². The Balaban J connectivity index is 1.81. The molecule has 0 amide bonds. The predicted molar refractivity (Wildman–Crippen MR) is 57.0 cm³/mol. The quantitative estimate of drug-likeness (QED) is 0.702. The van der Waals surface area contributed by atoms with E-state index in [0.29, 0.717) is 5.54 Å². The zero-order valence-electron chi connectivity index (χ0n) is 9.02. The van der Waals surface area contributed by atoms with E-state index in [9.17, 15) is 0 Å². The van der Waals surface area contributed by atoms with Crippen LogP contribution < -0.4 is 0 Å². The van der Waals surface area contributed by atoms with Gasteiger partial charge in [-0.25, -0.2) is 0 Å². The molecule has 1 atom stereocenters. The molecule has 1 saturated carbocycles. The highest BCUT2D eigenvalue weighted by atomic mass is 16.7. The van der Waals surface area contributed by atoms with Crippen molar-refractivity contribution in [3.05, 3.63) is 30.1 Å². The van der Waals surface area contributed by atoms with Gasteiger partial charge in [0.25, 0.3) is 0 Å². The van der Waals surface area contributed by atoms with E-state index in [2.05, 4.69) is 23.2 Å². The molecule has 1 aromatic heterocycles. The summed E-state index contributed by atoms with van der Waals surface area (Å²) < 4.78 is 0. The number of hydrogen-bond acceptors (Lipinski definition) is 3. The van der Waals surface area contributed by atoms with Gasteiger partial charge in [0.05, 0.1) is 5.69 Å². The molecule has 1 aliphatic heterocycles. The summed E-state index contributed by atoms with van der Waals surface area (Å²) in [5, 5.41) is 2.07. The average molecular weight is 204 g/mol. The third-order valence-electron chi connectivity index (χ3n) is 3.82. The highest BCUT2D eigenvalue weighted by Crippen LogP contribution is 2.49.